The van der Waals surface area contributed by atoms with E-state index in [1.165, 1.54) is 64.7 Å². The Morgan fingerprint density at radius 1 is 1.00 bits per heavy atom. The third-order valence-electron chi connectivity index (χ3n) is 3.94. The maximum atomic E-state index is 12.5. The van der Waals surface area contributed by atoms with Crippen LogP contribution in [0, 0.1) is 10.1 Å². The number of hydrogen-bond donors (Lipinski definition) is 1. The molecule has 0 saturated heterocycles. The van der Waals surface area contributed by atoms with E-state index in [9.17, 15) is 19.7 Å². The van der Waals surface area contributed by atoms with Crippen LogP contribution < -0.4 is 19.5 Å². The third kappa shape index (κ3) is 4.72. The minimum Gasteiger partial charge on any atom is -0.493 e. The zero-order chi connectivity index (χ0) is 21.6. The van der Waals surface area contributed by atoms with Gasteiger partial charge in [-0.15, -0.1) is 0 Å². The number of methoxy groups -OCH3 is 3. The summed E-state index contributed by atoms with van der Waals surface area (Å²) >= 11 is 0. The second kappa shape index (κ2) is 9.40. The van der Waals surface area contributed by atoms with Crippen molar-refractivity contribution in [3.63, 3.8) is 0 Å². The first-order chi connectivity index (χ1) is 13.8. The number of carbonyl (C=O) groups is 2. The third-order valence-corrected chi connectivity index (χ3v) is 3.94. The molecule has 2 rings (SSSR count). The molecule has 0 aromatic heterocycles. The first-order valence-electron chi connectivity index (χ1n) is 8.38. The van der Waals surface area contributed by atoms with Crippen molar-refractivity contribution < 1.29 is 33.5 Å². The maximum Gasteiger partial charge on any atom is 0.342 e. The molecule has 2 aromatic rings. The molecule has 154 valence electrons. The predicted octanol–water partition coefficient (Wildman–Crippen LogP) is 2.80. The van der Waals surface area contributed by atoms with Gasteiger partial charge in [-0.1, -0.05) is 12.1 Å². The Hall–Kier alpha value is -3.82. The SMILES string of the molecule is COc1ccc(C(=O)O[C@H](C)C(=O)Nc2ccccc2[N+](=O)[O-])c(OC)c1OC. The topological polar surface area (TPSA) is 126 Å². The van der Waals surface area contributed by atoms with Crippen molar-refractivity contribution in [1.82, 2.24) is 0 Å². The average Bonchev–Trinajstić information content (AvgIpc) is 2.72. The van der Waals surface area contributed by atoms with Gasteiger partial charge in [0.05, 0.1) is 26.3 Å². The number of nitro groups is 1. The van der Waals surface area contributed by atoms with E-state index >= 15 is 0 Å². The van der Waals surface area contributed by atoms with Crippen molar-refractivity contribution >= 4 is 23.3 Å². The molecular weight excluding hydrogens is 384 g/mol. The van der Waals surface area contributed by atoms with Crippen LogP contribution in [-0.2, 0) is 9.53 Å². The number of nitrogens with zero attached hydrogens (tertiary/aromatic N) is 1. The summed E-state index contributed by atoms with van der Waals surface area (Å²) < 4.78 is 20.8. The molecule has 1 N–H and O–H groups in total. The van der Waals surface area contributed by atoms with Crippen LogP contribution in [-0.4, -0.2) is 44.2 Å². The monoisotopic (exact) mass is 404 g/mol. The van der Waals surface area contributed by atoms with Crippen molar-refractivity contribution in [3.8, 4) is 17.2 Å². The Kier molecular flexibility index (Phi) is 6.96. The first-order valence-corrected chi connectivity index (χ1v) is 8.38. The first kappa shape index (κ1) is 21.5. The molecular formula is C19H20N2O8. The summed E-state index contributed by atoms with van der Waals surface area (Å²) in [6.07, 6.45) is -1.24. The average molecular weight is 404 g/mol. The molecule has 10 heteroatoms. The molecule has 29 heavy (non-hydrogen) atoms. The van der Waals surface area contributed by atoms with Gasteiger partial charge in [-0.05, 0) is 25.1 Å². The predicted molar refractivity (Wildman–Crippen MR) is 103 cm³/mol. The van der Waals surface area contributed by atoms with Crippen molar-refractivity contribution in [3.05, 3.63) is 52.1 Å². The van der Waals surface area contributed by atoms with Crippen molar-refractivity contribution in [2.45, 2.75) is 13.0 Å². The van der Waals surface area contributed by atoms with Crippen molar-refractivity contribution in [2.24, 2.45) is 0 Å². The lowest BCUT2D eigenvalue weighted by Crippen LogP contribution is -2.30. The normalized spacial score (nSPS) is 11.2. The summed E-state index contributed by atoms with van der Waals surface area (Å²) in [6, 6.07) is 8.54. The lowest BCUT2D eigenvalue weighted by Gasteiger charge is -2.17. The van der Waals surface area contributed by atoms with Crippen molar-refractivity contribution in [2.75, 3.05) is 26.6 Å². The lowest BCUT2D eigenvalue weighted by molar-refractivity contribution is -0.383. The van der Waals surface area contributed by atoms with E-state index in [4.69, 9.17) is 18.9 Å². The van der Waals surface area contributed by atoms with Crippen LogP contribution in [0.4, 0.5) is 11.4 Å². The van der Waals surface area contributed by atoms with Crippen LogP contribution in [0.3, 0.4) is 0 Å². The van der Waals surface area contributed by atoms with Crippen LogP contribution in [0.1, 0.15) is 17.3 Å². The number of benzene rings is 2. The highest BCUT2D eigenvalue weighted by Gasteiger charge is 2.26. The molecule has 0 aliphatic rings. The van der Waals surface area contributed by atoms with E-state index in [1.54, 1.807) is 0 Å². The van der Waals surface area contributed by atoms with Gasteiger partial charge in [0, 0.05) is 6.07 Å². The molecule has 0 heterocycles. The van der Waals surface area contributed by atoms with E-state index in [2.05, 4.69) is 5.32 Å². The van der Waals surface area contributed by atoms with Crippen LogP contribution in [0.15, 0.2) is 36.4 Å². The van der Waals surface area contributed by atoms with E-state index in [1.807, 2.05) is 0 Å². The summed E-state index contributed by atoms with van der Waals surface area (Å²) in [4.78, 5) is 35.3. The standard InChI is InChI=1S/C19H20N2O8/c1-11(18(22)20-13-7-5-6-8-14(13)21(24)25)29-19(23)12-9-10-15(26-2)17(28-4)16(12)27-3/h5-11H,1-4H3,(H,20,22)/t11-/m1/s1. The van der Waals surface area contributed by atoms with Crippen LogP contribution in [0.2, 0.25) is 0 Å². The summed E-state index contributed by atoms with van der Waals surface area (Å²) in [7, 11) is 4.17. The molecule has 1 amide bonds. The van der Waals surface area contributed by atoms with Gasteiger partial charge in [0.2, 0.25) is 5.75 Å². The largest absolute Gasteiger partial charge is 0.493 e. The number of carbonyl (C=O) groups excluding carboxylic acids is 2. The van der Waals surface area contributed by atoms with Gasteiger partial charge in [-0.3, -0.25) is 14.9 Å². The number of esters is 1. The number of amides is 1. The number of para-hydroxylation sites is 2. The summed E-state index contributed by atoms with van der Waals surface area (Å²) in [6.45, 7) is 1.34. The second-order valence-electron chi connectivity index (χ2n) is 5.69. The number of rotatable bonds is 8. The molecule has 0 unspecified atom stereocenters. The van der Waals surface area contributed by atoms with Crippen LogP contribution in [0.5, 0.6) is 17.2 Å². The number of hydrogen-bond acceptors (Lipinski definition) is 8. The highest BCUT2D eigenvalue weighted by atomic mass is 16.6. The van der Waals surface area contributed by atoms with Crippen LogP contribution in [0.25, 0.3) is 0 Å². The second-order valence-corrected chi connectivity index (χ2v) is 5.69. The fraction of sp³-hybridized carbons (Fsp3) is 0.263. The molecule has 2 aromatic carbocycles. The van der Waals surface area contributed by atoms with Gasteiger partial charge in [-0.2, -0.15) is 0 Å². The molecule has 0 aliphatic heterocycles. The number of nitrogens with one attached hydrogen (secondary N) is 1. The highest BCUT2D eigenvalue weighted by molar-refractivity contribution is 5.99. The molecule has 0 aliphatic carbocycles. The Morgan fingerprint density at radius 3 is 2.24 bits per heavy atom. The molecule has 0 fully saturated rings. The van der Waals surface area contributed by atoms with Gasteiger partial charge in [-0.25, -0.2) is 4.79 Å². The molecule has 0 bridgehead atoms. The lowest BCUT2D eigenvalue weighted by atomic mass is 10.1. The van der Waals surface area contributed by atoms with Gasteiger partial charge >= 0.3 is 5.97 Å². The van der Waals surface area contributed by atoms with Gasteiger partial charge in [0.25, 0.3) is 11.6 Å². The maximum absolute atomic E-state index is 12.5. The van der Waals surface area contributed by atoms with Gasteiger partial charge in [0.1, 0.15) is 11.3 Å². The number of ether oxygens (including phenoxy) is 4. The summed E-state index contributed by atoms with van der Waals surface area (Å²) in [5.41, 5.74) is -0.259. The summed E-state index contributed by atoms with van der Waals surface area (Å²) in [5.74, 6) is -0.937. The minimum atomic E-state index is -1.24. The minimum absolute atomic E-state index is 0.00547. The Bertz CT molecular complexity index is 928. The van der Waals surface area contributed by atoms with Gasteiger partial charge in [0.15, 0.2) is 17.6 Å². The quantitative estimate of drug-likeness (QED) is 0.404. The molecule has 0 radical (unpaired) electrons. The fourth-order valence-electron chi connectivity index (χ4n) is 2.51. The zero-order valence-electron chi connectivity index (χ0n) is 16.3. The Balaban J connectivity index is 2.19. The number of nitro benzene ring substituents is 1. The van der Waals surface area contributed by atoms with E-state index in [0.717, 1.165) is 0 Å². The summed E-state index contributed by atoms with van der Waals surface area (Å²) in [5, 5.41) is 13.4. The molecule has 10 nitrogen and oxygen atoms in total. The number of anilines is 1. The highest BCUT2D eigenvalue weighted by Crippen LogP contribution is 2.40. The van der Waals surface area contributed by atoms with Crippen molar-refractivity contribution in [1.29, 1.82) is 0 Å². The van der Waals surface area contributed by atoms with E-state index in [-0.39, 0.29) is 28.4 Å². The van der Waals surface area contributed by atoms with E-state index in [0.29, 0.717) is 5.75 Å². The fourth-order valence-corrected chi connectivity index (χ4v) is 2.51. The molecule has 0 spiro atoms. The smallest absolute Gasteiger partial charge is 0.342 e. The zero-order valence-corrected chi connectivity index (χ0v) is 16.3. The van der Waals surface area contributed by atoms with Gasteiger partial charge < -0.3 is 24.3 Å². The van der Waals surface area contributed by atoms with E-state index < -0.39 is 22.9 Å². The van der Waals surface area contributed by atoms with Crippen LogP contribution >= 0.6 is 0 Å². The Labute approximate surface area is 166 Å². The molecule has 0 saturated carbocycles. The molecule has 1 atom stereocenters. The Morgan fingerprint density at radius 2 is 1.66 bits per heavy atom.